The second kappa shape index (κ2) is 8.96. The zero-order chi connectivity index (χ0) is 23.6. The van der Waals surface area contributed by atoms with E-state index in [-0.39, 0.29) is 0 Å². The van der Waals surface area contributed by atoms with Crippen LogP contribution in [-0.4, -0.2) is 15.0 Å². The third-order valence-electron chi connectivity index (χ3n) is 6.25. The van der Waals surface area contributed by atoms with E-state index in [2.05, 4.69) is 67.6 Å². The molecule has 0 saturated carbocycles. The van der Waals surface area contributed by atoms with Gasteiger partial charge in [0, 0.05) is 16.7 Å². The van der Waals surface area contributed by atoms with Gasteiger partial charge in [-0.25, -0.2) is 15.0 Å². The van der Waals surface area contributed by atoms with Gasteiger partial charge in [0.15, 0.2) is 17.5 Å². The van der Waals surface area contributed by atoms with E-state index in [1.54, 1.807) is 0 Å². The van der Waals surface area contributed by atoms with E-state index in [0.717, 1.165) is 22.1 Å². The molecule has 6 aromatic rings. The Hall–Kier alpha value is -4.63. The third-order valence-corrected chi connectivity index (χ3v) is 6.25. The minimum absolute atomic E-state index is 0.669. The Balaban J connectivity index is 1.47. The lowest BCUT2D eigenvalue weighted by atomic mass is 9.97. The van der Waals surface area contributed by atoms with Crippen molar-refractivity contribution in [2.75, 3.05) is 0 Å². The van der Waals surface area contributed by atoms with Crippen molar-refractivity contribution in [2.45, 2.75) is 6.92 Å². The number of rotatable bonds is 4. The standard InChI is InChI=1S/C32H23N3/c1-22-10-8-9-15-29(22)27-18-16-26-21-28(19-17-25(26)20-27)32-34-30(23-11-4-2-5-12-23)33-31(35-32)24-13-6-3-7-14-24/h2-21H,1H3. The summed E-state index contributed by atoms with van der Waals surface area (Å²) in [5.41, 5.74) is 6.67. The Kier molecular flexibility index (Phi) is 5.36. The smallest absolute Gasteiger partial charge is 0.164 e. The van der Waals surface area contributed by atoms with Crippen molar-refractivity contribution in [2.24, 2.45) is 0 Å². The molecule has 5 aromatic carbocycles. The molecule has 0 unspecified atom stereocenters. The molecule has 0 aliphatic rings. The van der Waals surface area contributed by atoms with Crippen molar-refractivity contribution < 1.29 is 0 Å². The van der Waals surface area contributed by atoms with Gasteiger partial charge in [0.05, 0.1) is 0 Å². The predicted molar refractivity (Wildman–Crippen MR) is 144 cm³/mol. The molecule has 0 aliphatic carbocycles. The van der Waals surface area contributed by atoms with Crippen LogP contribution in [0.25, 0.3) is 56.1 Å². The Morgan fingerprint density at radius 2 is 0.857 bits per heavy atom. The van der Waals surface area contributed by atoms with Crippen LogP contribution in [0.1, 0.15) is 5.56 Å². The van der Waals surface area contributed by atoms with E-state index in [1.165, 1.54) is 22.1 Å². The summed E-state index contributed by atoms with van der Waals surface area (Å²) in [5, 5.41) is 2.35. The van der Waals surface area contributed by atoms with Crippen LogP contribution in [0.4, 0.5) is 0 Å². The van der Waals surface area contributed by atoms with E-state index in [1.807, 2.05) is 60.7 Å². The maximum Gasteiger partial charge on any atom is 0.164 e. The van der Waals surface area contributed by atoms with Crippen LogP contribution in [0.5, 0.6) is 0 Å². The molecule has 0 N–H and O–H groups in total. The SMILES string of the molecule is Cc1ccccc1-c1ccc2cc(-c3nc(-c4ccccc4)nc(-c4ccccc4)n3)ccc2c1. The molecule has 0 amide bonds. The molecule has 35 heavy (non-hydrogen) atoms. The van der Waals surface area contributed by atoms with E-state index in [0.29, 0.717) is 17.5 Å². The number of fused-ring (bicyclic) bond motifs is 1. The molecule has 166 valence electrons. The fraction of sp³-hybridized carbons (Fsp3) is 0.0312. The fourth-order valence-electron chi connectivity index (χ4n) is 4.39. The van der Waals surface area contributed by atoms with Gasteiger partial charge >= 0.3 is 0 Å². The Labute approximate surface area is 204 Å². The van der Waals surface area contributed by atoms with Crippen LogP contribution < -0.4 is 0 Å². The average molecular weight is 450 g/mol. The predicted octanol–water partition coefficient (Wildman–Crippen LogP) is 8.00. The maximum absolute atomic E-state index is 4.86. The molecular weight excluding hydrogens is 426 g/mol. The monoisotopic (exact) mass is 449 g/mol. The molecule has 0 bridgehead atoms. The topological polar surface area (TPSA) is 38.7 Å². The molecule has 6 rings (SSSR count). The number of hydrogen-bond acceptors (Lipinski definition) is 3. The summed E-state index contributed by atoms with van der Waals surface area (Å²) in [6.07, 6.45) is 0. The second-order valence-electron chi connectivity index (χ2n) is 8.63. The van der Waals surface area contributed by atoms with E-state index < -0.39 is 0 Å². The summed E-state index contributed by atoms with van der Waals surface area (Å²) in [5.74, 6) is 2.01. The molecule has 1 aromatic heterocycles. The fourth-order valence-corrected chi connectivity index (χ4v) is 4.39. The normalized spacial score (nSPS) is 11.0. The number of hydrogen-bond donors (Lipinski definition) is 0. The van der Waals surface area contributed by atoms with Crippen molar-refractivity contribution in [3.05, 3.63) is 127 Å². The Bertz CT molecular complexity index is 1580. The van der Waals surface area contributed by atoms with Gasteiger partial charge in [-0.15, -0.1) is 0 Å². The van der Waals surface area contributed by atoms with Gasteiger partial charge in [-0.2, -0.15) is 0 Å². The number of aromatic nitrogens is 3. The second-order valence-corrected chi connectivity index (χ2v) is 8.63. The Morgan fingerprint density at radius 1 is 0.400 bits per heavy atom. The summed E-state index contributed by atoms with van der Waals surface area (Å²) < 4.78 is 0. The van der Waals surface area contributed by atoms with E-state index in [9.17, 15) is 0 Å². The lowest BCUT2D eigenvalue weighted by Crippen LogP contribution is -2.00. The van der Waals surface area contributed by atoms with Crippen molar-refractivity contribution >= 4 is 10.8 Å². The summed E-state index contributed by atoms with van der Waals surface area (Å²) in [4.78, 5) is 14.5. The van der Waals surface area contributed by atoms with E-state index >= 15 is 0 Å². The average Bonchev–Trinajstić information content (AvgIpc) is 2.93. The van der Waals surface area contributed by atoms with Gasteiger partial charge in [-0.05, 0) is 46.5 Å². The first-order valence-corrected chi connectivity index (χ1v) is 11.7. The summed E-state index contributed by atoms with van der Waals surface area (Å²) in [6, 6.07) is 41.6. The van der Waals surface area contributed by atoms with Crippen LogP contribution in [0, 0.1) is 6.92 Å². The summed E-state index contributed by atoms with van der Waals surface area (Å²) >= 11 is 0. The van der Waals surface area contributed by atoms with Crippen LogP contribution >= 0.6 is 0 Å². The zero-order valence-electron chi connectivity index (χ0n) is 19.4. The summed E-state index contributed by atoms with van der Waals surface area (Å²) in [7, 11) is 0. The number of nitrogens with zero attached hydrogens (tertiary/aromatic N) is 3. The van der Waals surface area contributed by atoms with Gasteiger partial charge in [-0.3, -0.25) is 0 Å². The van der Waals surface area contributed by atoms with Gasteiger partial charge < -0.3 is 0 Å². The van der Waals surface area contributed by atoms with Gasteiger partial charge in [0.1, 0.15) is 0 Å². The maximum atomic E-state index is 4.86. The molecule has 3 nitrogen and oxygen atoms in total. The molecule has 0 atom stereocenters. The zero-order valence-corrected chi connectivity index (χ0v) is 19.4. The number of benzene rings is 5. The van der Waals surface area contributed by atoms with Crippen molar-refractivity contribution in [3.8, 4) is 45.3 Å². The van der Waals surface area contributed by atoms with E-state index in [4.69, 9.17) is 15.0 Å². The van der Waals surface area contributed by atoms with Crippen molar-refractivity contribution in [3.63, 3.8) is 0 Å². The van der Waals surface area contributed by atoms with Gasteiger partial charge in [0.25, 0.3) is 0 Å². The minimum atomic E-state index is 0.669. The van der Waals surface area contributed by atoms with Crippen LogP contribution in [0.2, 0.25) is 0 Å². The molecule has 3 heteroatoms. The first kappa shape index (κ1) is 20.9. The molecule has 0 fully saturated rings. The minimum Gasteiger partial charge on any atom is -0.208 e. The molecule has 0 radical (unpaired) electrons. The third kappa shape index (κ3) is 4.20. The highest BCUT2D eigenvalue weighted by Crippen LogP contribution is 2.30. The molecular formula is C32H23N3. The van der Waals surface area contributed by atoms with Crippen LogP contribution in [0.3, 0.4) is 0 Å². The first-order chi connectivity index (χ1) is 17.2. The lowest BCUT2D eigenvalue weighted by Gasteiger charge is -2.10. The Morgan fingerprint density at radius 3 is 1.43 bits per heavy atom. The molecule has 0 spiro atoms. The lowest BCUT2D eigenvalue weighted by molar-refractivity contribution is 1.07. The number of aryl methyl sites for hydroxylation is 1. The highest BCUT2D eigenvalue weighted by molar-refractivity contribution is 5.90. The van der Waals surface area contributed by atoms with Crippen LogP contribution in [0.15, 0.2) is 121 Å². The van der Waals surface area contributed by atoms with Gasteiger partial charge in [-0.1, -0.05) is 109 Å². The highest BCUT2D eigenvalue weighted by Gasteiger charge is 2.12. The first-order valence-electron chi connectivity index (χ1n) is 11.7. The van der Waals surface area contributed by atoms with Gasteiger partial charge in [0.2, 0.25) is 0 Å². The highest BCUT2D eigenvalue weighted by atomic mass is 15.0. The summed E-state index contributed by atoms with van der Waals surface area (Å²) in [6.45, 7) is 2.15. The molecule has 0 saturated heterocycles. The molecule has 0 aliphatic heterocycles. The largest absolute Gasteiger partial charge is 0.208 e. The van der Waals surface area contributed by atoms with Crippen molar-refractivity contribution in [1.82, 2.24) is 15.0 Å². The van der Waals surface area contributed by atoms with Crippen molar-refractivity contribution in [1.29, 1.82) is 0 Å². The van der Waals surface area contributed by atoms with Crippen LogP contribution in [-0.2, 0) is 0 Å². The quantitative estimate of drug-likeness (QED) is 0.274. The molecule has 1 heterocycles.